The van der Waals surface area contributed by atoms with E-state index in [-0.39, 0.29) is 18.0 Å². The van der Waals surface area contributed by atoms with Gasteiger partial charge in [-0.15, -0.1) is 5.53 Å². The molecule has 0 fully saturated rings. The first-order chi connectivity index (χ1) is 14.2. The predicted molar refractivity (Wildman–Crippen MR) is 121 cm³/mol. The Hall–Kier alpha value is -2.29. The van der Waals surface area contributed by atoms with Crippen molar-refractivity contribution in [2.75, 3.05) is 13.6 Å². The van der Waals surface area contributed by atoms with E-state index in [2.05, 4.69) is 31.9 Å². The van der Waals surface area contributed by atoms with E-state index in [0.717, 1.165) is 38.3 Å². The first-order valence-corrected chi connectivity index (χ1v) is 10.8. The van der Waals surface area contributed by atoms with Crippen LogP contribution in [0.1, 0.15) is 45.2 Å². The number of carbonyl (C=O) groups is 1. The Kier molecular flexibility index (Phi) is 5.42. The van der Waals surface area contributed by atoms with Gasteiger partial charge < -0.3 is 15.3 Å². The van der Waals surface area contributed by atoms with Gasteiger partial charge in [-0.2, -0.15) is 0 Å². The zero-order valence-electron chi connectivity index (χ0n) is 17.2. The number of nitrogens with one attached hydrogen (secondary N) is 3. The van der Waals surface area contributed by atoms with Crippen molar-refractivity contribution in [2.24, 2.45) is 0 Å². The number of aryl methyl sites for hydroxylation is 2. The number of fused-ring (bicyclic) bond motifs is 1. The van der Waals surface area contributed by atoms with Gasteiger partial charge in [0.25, 0.3) is 11.5 Å². The minimum Gasteiger partial charge on any atom is -0.334 e. The molecule has 3 N–H and O–H groups in total. The highest BCUT2D eigenvalue weighted by atomic mass is 79.9. The summed E-state index contributed by atoms with van der Waals surface area (Å²) in [7, 11) is 1.88. The molecule has 1 aromatic carbocycles. The lowest BCUT2D eigenvalue weighted by molar-refractivity contribution is 0.0726. The number of allylic oxidation sites excluding steroid dienone is 1. The highest BCUT2D eigenvalue weighted by Gasteiger charge is 2.32. The largest absolute Gasteiger partial charge is 0.334 e. The summed E-state index contributed by atoms with van der Waals surface area (Å²) < 4.78 is 0.856. The Balaban J connectivity index is 1.76. The molecular weight excluding hydrogens is 470 g/mol. The summed E-state index contributed by atoms with van der Waals surface area (Å²) >= 11 is 10.4. The number of benzene rings is 1. The van der Waals surface area contributed by atoms with Crippen LogP contribution in [-0.2, 0) is 13.0 Å². The normalized spacial score (nSPS) is 16.3. The quantitative estimate of drug-likeness (QED) is 0.613. The first kappa shape index (κ1) is 21.0. The van der Waals surface area contributed by atoms with Crippen LogP contribution in [0.15, 0.2) is 27.1 Å². The number of hydrogen-bond donors (Lipinski definition) is 3. The van der Waals surface area contributed by atoms with Gasteiger partial charge in [0.15, 0.2) is 0 Å². The zero-order chi connectivity index (χ0) is 21.7. The van der Waals surface area contributed by atoms with Crippen LogP contribution in [0.25, 0.3) is 5.70 Å². The van der Waals surface area contributed by atoms with Crippen molar-refractivity contribution in [3.8, 4) is 0 Å². The van der Waals surface area contributed by atoms with Crippen LogP contribution in [0.5, 0.6) is 0 Å². The molecule has 0 bridgehead atoms. The maximum absolute atomic E-state index is 13.5. The fraction of sp³-hybridized carbons (Fsp3) is 0.333. The average Bonchev–Trinajstić information content (AvgIpc) is 3.00. The molecule has 0 spiro atoms. The van der Waals surface area contributed by atoms with E-state index in [1.165, 1.54) is 0 Å². The maximum atomic E-state index is 13.5. The molecular formula is C21H23BrClN5O2. The molecule has 1 aromatic heterocycles. The lowest BCUT2D eigenvalue weighted by atomic mass is 9.94. The number of rotatable bonds is 3. The third kappa shape index (κ3) is 3.42. The van der Waals surface area contributed by atoms with Gasteiger partial charge in [-0.3, -0.25) is 14.6 Å². The second-order valence-electron chi connectivity index (χ2n) is 7.76. The molecule has 0 unspecified atom stereocenters. The van der Waals surface area contributed by atoms with Crippen molar-refractivity contribution in [1.82, 2.24) is 25.9 Å². The van der Waals surface area contributed by atoms with Gasteiger partial charge in [0.05, 0.1) is 28.5 Å². The summed E-state index contributed by atoms with van der Waals surface area (Å²) in [5, 5.41) is 2.25. The van der Waals surface area contributed by atoms with E-state index in [1.807, 2.05) is 45.0 Å². The molecule has 158 valence electrons. The lowest BCUT2D eigenvalue weighted by Crippen LogP contribution is -2.39. The summed E-state index contributed by atoms with van der Waals surface area (Å²) in [6.45, 7) is 6.46. The fourth-order valence-corrected chi connectivity index (χ4v) is 5.11. The number of hydrazine groups is 2. The number of aromatic nitrogens is 1. The van der Waals surface area contributed by atoms with E-state index in [4.69, 9.17) is 11.6 Å². The summed E-state index contributed by atoms with van der Waals surface area (Å²) in [6, 6.07) is 3.88. The van der Waals surface area contributed by atoms with E-state index < -0.39 is 0 Å². The molecule has 2 aromatic rings. The Labute approximate surface area is 188 Å². The number of halogens is 2. The molecule has 30 heavy (non-hydrogen) atoms. The molecule has 4 rings (SSSR count). The van der Waals surface area contributed by atoms with E-state index in [0.29, 0.717) is 29.1 Å². The fourth-order valence-electron chi connectivity index (χ4n) is 4.15. The van der Waals surface area contributed by atoms with Crippen LogP contribution in [0, 0.1) is 13.8 Å². The van der Waals surface area contributed by atoms with Gasteiger partial charge in [-0.25, -0.2) is 0 Å². The second-order valence-corrected chi connectivity index (χ2v) is 8.99. The molecule has 3 heterocycles. The third-order valence-corrected chi connectivity index (χ3v) is 6.75. The first-order valence-electron chi connectivity index (χ1n) is 9.65. The number of H-pyrrole nitrogens is 1. The molecule has 2 aliphatic rings. The molecule has 0 aliphatic carbocycles. The van der Waals surface area contributed by atoms with Crippen molar-refractivity contribution in [3.05, 3.63) is 71.2 Å². The lowest BCUT2D eigenvalue weighted by Gasteiger charge is -2.31. The van der Waals surface area contributed by atoms with E-state index in [1.54, 1.807) is 4.90 Å². The summed E-state index contributed by atoms with van der Waals surface area (Å²) in [4.78, 5) is 30.4. The second kappa shape index (κ2) is 7.76. The topological polar surface area (TPSA) is 80.5 Å². The smallest absolute Gasteiger partial charge is 0.256 e. The average molecular weight is 493 g/mol. The van der Waals surface area contributed by atoms with Gasteiger partial charge in [0.1, 0.15) is 0 Å². The Morgan fingerprint density at radius 1 is 1.20 bits per heavy atom. The SMILES string of the molecule is CC1=C(c2cc(Br)c3c(c2Cl)C(=O)N(Cc2c(C)cc(C)[nH]c2=O)CC3)N(C)NN1. The van der Waals surface area contributed by atoms with Crippen molar-refractivity contribution >= 4 is 39.1 Å². The summed E-state index contributed by atoms with van der Waals surface area (Å²) in [5.74, 6) is -0.164. The summed E-state index contributed by atoms with van der Waals surface area (Å²) in [5.41, 5.74) is 12.2. The van der Waals surface area contributed by atoms with Crippen molar-refractivity contribution in [1.29, 1.82) is 0 Å². The van der Waals surface area contributed by atoms with Crippen LogP contribution in [0.4, 0.5) is 0 Å². The molecule has 0 saturated heterocycles. The standard InChI is InChI=1S/C21H23BrClN5O2/c1-10-7-11(2)24-20(29)15(10)9-28-6-5-13-16(22)8-14(18(23)17(13)21(28)30)19-12(3)25-26-27(19)4/h7-8,25-26H,5-6,9H2,1-4H3,(H,24,29). The third-order valence-electron chi connectivity index (χ3n) is 5.65. The number of amides is 1. The van der Waals surface area contributed by atoms with Crippen molar-refractivity contribution < 1.29 is 4.79 Å². The van der Waals surface area contributed by atoms with Crippen LogP contribution in [0.3, 0.4) is 0 Å². The van der Waals surface area contributed by atoms with Crippen molar-refractivity contribution in [2.45, 2.75) is 33.7 Å². The minimum atomic E-state index is -0.164. The number of pyridine rings is 1. The number of aromatic amines is 1. The molecule has 0 saturated carbocycles. The Morgan fingerprint density at radius 2 is 1.93 bits per heavy atom. The van der Waals surface area contributed by atoms with Gasteiger partial charge in [-0.1, -0.05) is 27.5 Å². The monoisotopic (exact) mass is 491 g/mol. The van der Waals surface area contributed by atoms with Crippen LogP contribution >= 0.6 is 27.5 Å². The predicted octanol–water partition coefficient (Wildman–Crippen LogP) is 3.25. The van der Waals surface area contributed by atoms with Crippen molar-refractivity contribution in [3.63, 3.8) is 0 Å². The van der Waals surface area contributed by atoms with Crippen LogP contribution in [0.2, 0.25) is 5.02 Å². The van der Waals surface area contributed by atoms with E-state index in [9.17, 15) is 9.59 Å². The zero-order valence-corrected chi connectivity index (χ0v) is 19.6. The summed E-state index contributed by atoms with van der Waals surface area (Å²) in [6.07, 6.45) is 0.662. The molecule has 9 heteroatoms. The number of nitrogens with zero attached hydrogens (tertiary/aromatic N) is 2. The van der Waals surface area contributed by atoms with Gasteiger partial charge in [0.2, 0.25) is 0 Å². The molecule has 0 atom stereocenters. The van der Waals surface area contributed by atoms with E-state index >= 15 is 0 Å². The Morgan fingerprint density at radius 3 is 2.57 bits per heavy atom. The van der Waals surface area contributed by atoms with Gasteiger partial charge in [0, 0.05) is 34.9 Å². The van der Waals surface area contributed by atoms with Gasteiger partial charge in [-0.05, 0) is 50.5 Å². The highest BCUT2D eigenvalue weighted by Crippen LogP contribution is 2.39. The molecule has 0 radical (unpaired) electrons. The molecule has 1 amide bonds. The maximum Gasteiger partial charge on any atom is 0.256 e. The number of hydrogen-bond acceptors (Lipinski definition) is 5. The highest BCUT2D eigenvalue weighted by molar-refractivity contribution is 9.10. The van der Waals surface area contributed by atoms with Gasteiger partial charge >= 0.3 is 0 Å². The molecule has 7 nitrogen and oxygen atoms in total. The Bertz CT molecular complexity index is 1160. The minimum absolute atomic E-state index is 0.155. The van der Waals surface area contributed by atoms with Crippen LogP contribution in [-0.4, -0.2) is 34.4 Å². The molecule has 2 aliphatic heterocycles. The number of carbonyl (C=O) groups excluding carboxylic acids is 1. The van der Waals surface area contributed by atoms with Crippen LogP contribution < -0.4 is 16.5 Å².